The first-order valence-corrected chi connectivity index (χ1v) is 14.4. The molecule has 4 N–H and O–H groups in total. The number of rotatable bonds is 6. The lowest BCUT2D eigenvalue weighted by molar-refractivity contribution is -0.145. The van der Waals surface area contributed by atoms with Gasteiger partial charge in [-0.1, -0.05) is 74.5 Å². The lowest BCUT2D eigenvalue weighted by atomic mass is 9.86. The highest BCUT2D eigenvalue weighted by molar-refractivity contribution is 5.98. The first kappa shape index (κ1) is 31.4. The van der Waals surface area contributed by atoms with Crippen molar-refractivity contribution in [2.75, 3.05) is 7.05 Å². The van der Waals surface area contributed by atoms with Gasteiger partial charge in [0.25, 0.3) is 5.91 Å². The van der Waals surface area contributed by atoms with Gasteiger partial charge in [0.15, 0.2) is 11.5 Å². The Labute approximate surface area is 251 Å². The molecule has 1 aliphatic rings. The molecule has 4 rings (SSSR count). The summed E-state index contributed by atoms with van der Waals surface area (Å²) in [6, 6.07) is 18.4. The summed E-state index contributed by atoms with van der Waals surface area (Å²) in [4.78, 5) is 59.8. The Bertz CT molecular complexity index is 1430. The number of pyridine rings is 1. The highest BCUT2D eigenvalue weighted by atomic mass is 16.3. The number of carbonyl (C=O) groups excluding carboxylic acids is 4. The van der Waals surface area contributed by atoms with Gasteiger partial charge < -0.3 is 25.7 Å². The summed E-state index contributed by atoms with van der Waals surface area (Å²) in [7, 11) is 1.56. The Kier molecular flexibility index (Phi) is 10.3. The van der Waals surface area contributed by atoms with E-state index in [4.69, 9.17) is 0 Å². The van der Waals surface area contributed by atoms with Crippen LogP contribution in [0.4, 0.5) is 0 Å². The highest BCUT2D eigenvalue weighted by Crippen LogP contribution is 2.23. The summed E-state index contributed by atoms with van der Waals surface area (Å²) in [6.07, 6.45) is 0.379. The van der Waals surface area contributed by atoms with Gasteiger partial charge in [-0.05, 0) is 42.0 Å². The van der Waals surface area contributed by atoms with E-state index in [0.29, 0.717) is 0 Å². The number of benzene rings is 2. The summed E-state index contributed by atoms with van der Waals surface area (Å²) in [5, 5.41) is 27.2. The van der Waals surface area contributed by atoms with Gasteiger partial charge in [-0.15, -0.1) is 0 Å². The Hall–Kier alpha value is -4.57. The maximum Gasteiger partial charge on any atom is 0.274 e. The van der Waals surface area contributed by atoms with Crippen LogP contribution in [-0.4, -0.2) is 74.9 Å². The van der Waals surface area contributed by atoms with E-state index in [0.717, 1.165) is 11.1 Å². The fourth-order valence-electron chi connectivity index (χ4n) is 5.49. The largest absolute Gasteiger partial charge is 0.505 e. The molecular formula is C33H38N4O6. The van der Waals surface area contributed by atoms with Crippen LogP contribution in [0.15, 0.2) is 79.0 Å². The summed E-state index contributed by atoms with van der Waals surface area (Å²) in [5.41, 5.74) is 1.42. The fourth-order valence-corrected chi connectivity index (χ4v) is 5.49. The summed E-state index contributed by atoms with van der Waals surface area (Å²) >= 11 is 0. The van der Waals surface area contributed by atoms with Crippen LogP contribution in [0.3, 0.4) is 0 Å². The molecule has 3 amide bonds. The maximum absolute atomic E-state index is 13.8. The predicted octanol–water partition coefficient (Wildman–Crippen LogP) is 2.29. The summed E-state index contributed by atoms with van der Waals surface area (Å²) in [5.74, 6) is -4.15. The number of Topliss-reactive ketones (excluding diaryl/α,β-unsaturated/α-hetero) is 1. The van der Waals surface area contributed by atoms with Crippen LogP contribution in [-0.2, 0) is 27.2 Å². The molecule has 1 unspecified atom stereocenters. The van der Waals surface area contributed by atoms with Gasteiger partial charge in [0, 0.05) is 19.7 Å². The number of ketones is 1. The van der Waals surface area contributed by atoms with Gasteiger partial charge in [0.2, 0.25) is 11.8 Å². The van der Waals surface area contributed by atoms with E-state index in [1.165, 1.54) is 23.2 Å². The van der Waals surface area contributed by atoms with E-state index in [2.05, 4.69) is 15.6 Å². The van der Waals surface area contributed by atoms with Crippen LogP contribution in [0.5, 0.6) is 5.75 Å². The minimum atomic E-state index is -1.31. The van der Waals surface area contributed by atoms with Crippen molar-refractivity contribution in [1.29, 1.82) is 0 Å². The summed E-state index contributed by atoms with van der Waals surface area (Å²) in [6.45, 7) is 3.24. The third kappa shape index (κ3) is 7.64. The van der Waals surface area contributed by atoms with Crippen molar-refractivity contribution >= 4 is 23.5 Å². The Morgan fingerprint density at radius 3 is 2.16 bits per heavy atom. The molecule has 43 heavy (non-hydrogen) atoms. The lowest BCUT2D eigenvalue weighted by Crippen LogP contribution is -2.59. The Morgan fingerprint density at radius 1 is 0.953 bits per heavy atom. The standard InChI is InChI=1S/C33H38N4O6/c1-20-17-27(39)25(19-23-13-8-5-9-14-23)37(3)33(43)21(2)30(40)24(18-22-11-6-4-7-12-22)35-31(41)28(20)36-32(42)29-26(38)15-10-16-34-29/h4-16,20-21,24-25,28,30,38,40H,17-19H2,1-3H3,(H,35,41)(H,36,42)/t20-,21+,24-,25?,28-,30-/m0/s1. The topological polar surface area (TPSA) is 149 Å². The molecule has 0 spiro atoms. The van der Waals surface area contributed by atoms with Crippen LogP contribution >= 0.6 is 0 Å². The number of aliphatic hydroxyl groups is 1. The molecule has 0 bridgehead atoms. The smallest absolute Gasteiger partial charge is 0.274 e. The Morgan fingerprint density at radius 2 is 1.56 bits per heavy atom. The zero-order valence-electron chi connectivity index (χ0n) is 24.5. The molecule has 1 fully saturated rings. The average molecular weight is 587 g/mol. The predicted molar refractivity (Wildman–Crippen MR) is 160 cm³/mol. The second kappa shape index (κ2) is 14.1. The van der Waals surface area contributed by atoms with Gasteiger partial charge in [0.05, 0.1) is 24.1 Å². The van der Waals surface area contributed by atoms with E-state index >= 15 is 0 Å². The molecular weight excluding hydrogens is 548 g/mol. The third-order valence-corrected chi connectivity index (χ3v) is 8.06. The van der Waals surface area contributed by atoms with Crippen LogP contribution in [0.2, 0.25) is 0 Å². The average Bonchev–Trinajstić information content (AvgIpc) is 3.01. The molecule has 1 aliphatic heterocycles. The molecule has 0 saturated carbocycles. The second-order valence-electron chi connectivity index (χ2n) is 11.2. The molecule has 10 heteroatoms. The van der Waals surface area contributed by atoms with Crippen molar-refractivity contribution in [3.8, 4) is 5.75 Å². The van der Waals surface area contributed by atoms with Crippen LogP contribution in [0.1, 0.15) is 41.9 Å². The maximum atomic E-state index is 13.8. The minimum Gasteiger partial charge on any atom is -0.505 e. The van der Waals surface area contributed by atoms with E-state index in [1.54, 1.807) is 20.9 Å². The zero-order valence-corrected chi connectivity index (χ0v) is 24.5. The molecule has 6 atom stereocenters. The molecule has 1 saturated heterocycles. The monoisotopic (exact) mass is 586 g/mol. The van der Waals surface area contributed by atoms with Crippen LogP contribution in [0, 0.1) is 11.8 Å². The second-order valence-corrected chi connectivity index (χ2v) is 11.2. The lowest BCUT2D eigenvalue weighted by Gasteiger charge is -2.36. The third-order valence-electron chi connectivity index (χ3n) is 8.06. The molecule has 3 aromatic rings. The number of nitrogens with one attached hydrogen (secondary N) is 2. The number of carbonyl (C=O) groups is 4. The van der Waals surface area contributed by atoms with E-state index in [-0.39, 0.29) is 36.5 Å². The van der Waals surface area contributed by atoms with Crippen LogP contribution < -0.4 is 10.6 Å². The normalized spacial score (nSPS) is 25.3. The van der Waals surface area contributed by atoms with Crippen molar-refractivity contribution in [2.45, 2.75) is 57.3 Å². The molecule has 0 radical (unpaired) electrons. The van der Waals surface area contributed by atoms with Gasteiger partial charge in [-0.3, -0.25) is 19.2 Å². The molecule has 2 heterocycles. The number of aromatic nitrogens is 1. The number of aromatic hydroxyl groups is 1. The first-order chi connectivity index (χ1) is 20.6. The van der Waals surface area contributed by atoms with Crippen molar-refractivity contribution in [3.63, 3.8) is 0 Å². The number of amides is 3. The van der Waals surface area contributed by atoms with Crippen LogP contribution in [0.25, 0.3) is 0 Å². The fraction of sp³-hybridized carbons (Fsp3) is 0.364. The van der Waals surface area contributed by atoms with Crippen molar-refractivity contribution < 1.29 is 29.4 Å². The van der Waals surface area contributed by atoms with E-state index < -0.39 is 53.8 Å². The molecule has 10 nitrogen and oxygen atoms in total. The zero-order chi connectivity index (χ0) is 31.1. The number of likely N-dealkylation sites (N-methyl/N-ethyl adjacent to an activating group) is 1. The highest BCUT2D eigenvalue weighted by Gasteiger charge is 2.40. The minimum absolute atomic E-state index is 0.123. The van der Waals surface area contributed by atoms with E-state index in [9.17, 15) is 29.4 Å². The van der Waals surface area contributed by atoms with Gasteiger partial charge >= 0.3 is 0 Å². The quantitative estimate of drug-likeness (QED) is 0.346. The van der Waals surface area contributed by atoms with E-state index in [1.807, 2.05) is 60.7 Å². The summed E-state index contributed by atoms with van der Waals surface area (Å²) < 4.78 is 0. The first-order valence-electron chi connectivity index (χ1n) is 14.4. The number of hydrogen-bond acceptors (Lipinski definition) is 7. The molecule has 1 aromatic heterocycles. The van der Waals surface area contributed by atoms with Crippen molar-refractivity contribution in [1.82, 2.24) is 20.5 Å². The number of aliphatic hydroxyl groups excluding tert-OH is 1. The number of hydrogen-bond donors (Lipinski definition) is 4. The van der Waals surface area contributed by atoms with Crippen molar-refractivity contribution in [3.05, 3.63) is 95.8 Å². The Balaban J connectivity index is 1.72. The van der Waals surface area contributed by atoms with Gasteiger partial charge in [-0.25, -0.2) is 4.98 Å². The molecule has 0 aliphatic carbocycles. The van der Waals surface area contributed by atoms with Gasteiger partial charge in [-0.2, -0.15) is 0 Å². The van der Waals surface area contributed by atoms with Crippen molar-refractivity contribution in [2.24, 2.45) is 11.8 Å². The molecule has 226 valence electrons. The SMILES string of the molecule is C[C@H]1CC(=O)C(Cc2ccccc2)N(C)C(=O)[C@H](C)[C@H](O)[C@H](Cc2ccccc2)NC(=O)[C@H]1NC(=O)c1ncccc1O. The van der Waals surface area contributed by atoms with Gasteiger partial charge in [0.1, 0.15) is 11.8 Å². The number of nitrogens with zero attached hydrogens (tertiary/aromatic N) is 2. The molecule has 2 aromatic carbocycles.